The van der Waals surface area contributed by atoms with Crippen molar-refractivity contribution >= 4 is 5.91 Å². The minimum Gasteiger partial charge on any atom is -0.353 e. The van der Waals surface area contributed by atoms with Crippen LogP contribution in [0.15, 0.2) is 0 Å². The van der Waals surface area contributed by atoms with Crippen molar-refractivity contribution in [3.05, 3.63) is 0 Å². The third-order valence-electron chi connectivity index (χ3n) is 4.30. The Balaban J connectivity index is 0. The van der Waals surface area contributed by atoms with Crippen molar-refractivity contribution < 1.29 is 4.79 Å². The molecule has 0 unspecified atom stereocenters. The Morgan fingerprint density at radius 3 is 1.78 bits per heavy atom. The molecular formula is C20H44N2O. The van der Waals surface area contributed by atoms with Gasteiger partial charge in [0.05, 0.1) is 0 Å². The van der Waals surface area contributed by atoms with E-state index >= 15 is 0 Å². The van der Waals surface area contributed by atoms with Gasteiger partial charge in [0.1, 0.15) is 0 Å². The van der Waals surface area contributed by atoms with Crippen molar-refractivity contribution in [2.45, 2.75) is 99.0 Å². The van der Waals surface area contributed by atoms with Crippen molar-refractivity contribution in [1.29, 1.82) is 0 Å². The molecule has 0 aromatic rings. The van der Waals surface area contributed by atoms with Crippen LogP contribution in [0.3, 0.4) is 0 Å². The van der Waals surface area contributed by atoms with Gasteiger partial charge in [-0.3, -0.25) is 4.79 Å². The summed E-state index contributed by atoms with van der Waals surface area (Å²) in [5.41, 5.74) is 0. The minimum atomic E-state index is 0.185. The molecule has 0 aromatic carbocycles. The summed E-state index contributed by atoms with van der Waals surface area (Å²) in [5.74, 6) is 1.22. The monoisotopic (exact) mass is 328 g/mol. The molecule has 2 rings (SSSR count). The van der Waals surface area contributed by atoms with Crippen LogP contribution in [-0.2, 0) is 4.79 Å². The third-order valence-corrected chi connectivity index (χ3v) is 4.30. The number of hydrogen-bond acceptors (Lipinski definition) is 2. The lowest BCUT2D eigenvalue weighted by atomic mass is 9.91. The second-order valence-electron chi connectivity index (χ2n) is 6.24. The van der Waals surface area contributed by atoms with Gasteiger partial charge in [-0.25, -0.2) is 0 Å². The average molecular weight is 329 g/mol. The van der Waals surface area contributed by atoms with Crippen molar-refractivity contribution in [3.8, 4) is 0 Å². The zero-order chi connectivity index (χ0) is 18.1. The summed E-state index contributed by atoms with van der Waals surface area (Å²) in [6, 6.07) is 0.425. The smallest absolute Gasteiger partial charge is 0.219 e. The lowest BCUT2D eigenvalue weighted by molar-refractivity contribution is -0.121. The number of carbonyl (C=O) groups excluding carboxylic acids is 1. The maximum atomic E-state index is 11.0. The highest BCUT2D eigenvalue weighted by molar-refractivity contribution is 5.75. The Morgan fingerprint density at radius 2 is 1.43 bits per heavy atom. The van der Waals surface area contributed by atoms with Gasteiger partial charge in [0.25, 0.3) is 0 Å². The number of hydrogen-bond donors (Lipinski definition) is 1. The Bertz CT molecular complexity index is 242. The SMILES string of the molecule is CC.CC.CC1CCCCC1.CCC(=O)NC1CCN(C)CC1. The summed E-state index contributed by atoms with van der Waals surface area (Å²) >= 11 is 0. The summed E-state index contributed by atoms with van der Waals surface area (Å²) in [6.45, 7) is 14.5. The zero-order valence-corrected chi connectivity index (χ0v) is 17.1. The van der Waals surface area contributed by atoms with Crippen LogP contribution >= 0.6 is 0 Å². The highest BCUT2D eigenvalue weighted by atomic mass is 16.1. The number of carbonyl (C=O) groups is 1. The molecule has 1 aliphatic heterocycles. The number of nitrogens with zero attached hydrogens (tertiary/aromatic N) is 1. The van der Waals surface area contributed by atoms with E-state index in [1.165, 1.54) is 32.1 Å². The molecule has 0 aromatic heterocycles. The van der Waals surface area contributed by atoms with Crippen LogP contribution in [0, 0.1) is 5.92 Å². The molecule has 1 saturated carbocycles. The van der Waals surface area contributed by atoms with Gasteiger partial charge in [-0.2, -0.15) is 0 Å². The summed E-state index contributed by atoms with van der Waals surface area (Å²) in [7, 11) is 2.12. The summed E-state index contributed by atoms with van der Waals surface area (Å²) in [6.07, 6.45) is 10.2. The molecule has 0 atom stereocenters. The van der Waals surface area contributed by atoms with E-state index in [1.54, 1.807) is 0 Å². The van der Waals surface area contributed by atoms with Crippen molar-refractivity contribution in [2.75, 3.05) is 20.1 Å². The van der Waals surface area contributed by atoms with Crippen LogP contribution in [-0.4, -0.2) is 37.0 Å². The Hall–Kier alpha value is -0.570. The van der Waals surface area contributed by atoms with Gasteiger partial charge in [0.2, 0.25) is 5.91 Å². The highest BCUT2D eigenvalue weighted by Gasteiger charge is 2.17. The van der Waals surface area contributed by atoms with Gasteiger partial charge in [-0.05, 0) is 38.9 Å². The molecule has 0 spiro atoms. The largest absolute Gasteiger partial charge is 0.353 e. The summed E-state index contributed by atoms with van der Waals surface area (Å²) in [4.78, 5) is 13.3. The molecule has 23 heavy (non-hydrogen) atoms. The van der Waals surface area contributed by atoms with Gasteiger partial charge in [-0.1, -0.05) is 73.6 Å². The molecule has 0 bridgehead atoms. The number of piperidine rings is 1. The van der Waals surface area contributed by atoms with Crippen molar-refractivity contribution in [2.24, 2.45) is 5.92 Å². The van der Waals surface area contributed by atoms with E-state index in [0.717, 1.165) is 31.8 Å². The fourth-order valence-corrected chi connectivity index (χ4v) is 2.79. The maximum Gasteiger partial charge on any atom is 0.219 e. The van der Waals surface area contributed by atoms with E-state index in [1.807, 2.05) is 34.6 Å². The molecule has 140 valence electrons. The normalized spacial score (nSPS) is 19.1. The van der Waals surface area contributed by atoms with Gasteiger partial charge >= 0.3 is 0 Å². The van der Waals surface area contributed by atoms with Gasteiger partial charge < -0.3 is 10.2 Å². The molecule has 2 aliphatic rings. The third kappa shape index (κ3) is 14.7. The lowest BCUT2D eigenvalue weighted by Gasteiger charge is -2.29. The van der Waals surface area contributed by atoms with Crippen LogP contribution < -0.4 is 5.32 Å². The Labute approximate surface area is 146 Å². The highest BCUT2D eigenvalue weighted by Crippen LogP contribution is 2.22. The van der Waals surface area contributed by atoms with Crippen LogP contribution in [0.4, 0.5) is 0 Å². The van der Waals surface area contributed by atoms with E-state index in [4.69, 9.17) is 0 Å². The first kappa shape index (κ1) is 24.7. The summed E-state index contributed by atoms with van der Waals surface area (Å²) < 4.78 is 0. The standard InChI is InChI=1S/C9H18N2O.C7H14.2C2H6/c1-3-9(12)10-8-4-6-11(2)7-5-8;1-7-5-3-2-4-6-7;2*1-2/h8H,3-7H2,1-2H3,(H,10,12);7H,2-6H2,1H3;2*1-2H3. The molecule has 0 radical (unpaired) electrons. The van der Waals surface area contributed by atoms with Gasteiger partial charge in [-0.15, -0.1) is 0 Å². The molecule has 3 heteroatoms. The molecule has 1 N–H and O–H groups in total. The van der Waals surface area contributed by atoms with E-state index in [-0.39, 0.29) is 5.91 Å². The predicted molar refractivity (Wildman–Crippen MR) is 104 cm³/mol. The molecule has 1 saturated heterocycles. The maximum absolute atomic E-state index is 11.0. The van der Waals surface area contributed by atoms with Crippen LogP contribution in [0.25, 0.3) is 0 Å². The molecule has 1 amide bonds. The van der Waals surface area contributed by atoms with E-state index in [2.05, 4.69) is 24.2 Å². The average Bonchev–Trinajstić information content (AvgIpc) is 2.61. The lowest BCUT2D eigenvalue weighted by Crippen LogP contribution is -2.43. The first-order chi connectivity index (χ1) is 11.1. The van der Waals surface area contributed by atoms with Crippen LogP contribution in [0.2, 0.25) is 0 Å². The van der Waals surface area contributed by atoms with Crippen molar-refractivity contribution in [3.63, 3.8) is 0 Å². The number of nitrogens with one attached hydrogen (secondary N) is 1. The topological polar surface area (TPSA) is 32.3 Å². The van der Waals surface area contributed by atoms with E-state index < -0.39 is 0 Å². The molecule has 3 nitrogen and oxygen atoms in total. The van der Waals surface area contributed by atoms with Gasteiger partial charge in [0, 0.05) is 12.5 Å². The molecular weight excluding hydrogens is 284 g/mol. The van der Waals surface area contributed by atoms with Crippen LogP contribution in [0.5, 0.6) is 0 Å². The second kappa shape index (κ2) is 17.8. The predicted octanol–water partition coefficient (Wildman–Crippen LogP) is 5.25. The van der Waals surface area contributed by atoms with E-state index in [9.17, 15) is 4.79 Å². The number of rotatable bonds is 2. The quantitative estimate of drug-likeness (QED) is 0.751. The fourth-order valence-electron chi connectivity index (χ4n) is 2.79. The number of amides is 1. The first-order valence-electron chi connectivity index (χ1n) is 10.1. The van der Waals surface area contributed by atoms with Crippen molar-refractivity contribution in [1.82, 2.24) is 10.2 Å². The minimum absolute atomic E-state index is 0.185. The Kier molecular flexibility index (Phi) is 19.1. The van der Waals surface area contributed by atoms with Gasteiger partial charge in [0.15, 0.2) is 0 Å². The summed E-state index contributed by atoms with van der Waals surface area (Å²) in [5, 5.41) is 3.02. The number of likely N-dealkylation sites (tertiary alicyclic amines) is 1. The zero-order valence-electron chi connectivity index (χ0n) is 17.1. The Morgan fingerprint density at radius 1 is 0.957 bits per heavy atom. The molecule has 1 aliphatic carbocycles. The molecule has 2 fully saturated rings. The van der Waals surface area contributed by atoms with E-state index in [0.29, 0.717) is 12.5 Å². The first-order valence-corrected chi connectivity index (χ1v) is 10.1. The second-order valence-corrected chi connectivity index (χ2v) is 6.24. The fraction of sp³-hybridized carbons (Fsp3) is 0.950. The molecule has 1 heterocycles. The van der Waals surface area contributed by atoms with Crippen LogP contribution in [0.1, 0.15) is 92.9 Å².